The summed E-state index contributed by atoms with van der Waals surface area (Å²) in [6, 6.07) is 42.3. The minimum atomic E-state index is 1.09. The van der Waals surface area contributed by atoms with Gasteiger partial charge in [-0.15, -0.1) is 0 Å². The highest BCUT2D eigenvalue weighted by Gasteiger charge is 2.05. The summed E-state index contributed by atoms with van der Waals surface area (Å²) >= 11 is 0. The van der Waals surface area contributed by atoms with Gasteiger partial charge in [0, 0.05) is 44.7 Å². The van der Waals surface area contributed by atoms with E-state index < -0.39 is 0 Å². The lowest BCUT2D eigenvalue weighted by Gasteiger charge is -2.06. The molecular formula is C34H22N2. The average molecular weight is 459 g/mol. The number of fused-ring (bicyclic) bond motifs is 10. The second-order valence-electron chi connectivity index (χ2n) is 9.06. The van der Waals surface area contributed by atoms with Crippen LogP contribution in [0.1, 0.15) is 0 Å². The van der Waals surface area contributed by atoms with Gasteiger partial charge in [-0.25, -0.2) is 0 Å². The first-order valence-electron chi connectivity index (χ1n) is 12.2. The zero-order valence-electron chi connectivity index (χ0n) is 19.6. The van der Waals surface area contributed by atoms with Crippen molar-refractivity contribution in [3.63, 3.8) is 0 Å². The molecule has 0 saturated carbocycles. The van der Waals surface area contributed by atoms with E-state index in [1.54, 1.807) is 0 Å². The van der Waals surface area contributed by atoms with Crippen LogP contribution in [-0.2, 0) is 0 Å². The SMILES string of the molecule is c1ccc2c(c1)cnc1c3ccccc3ccc21.c1ccc2c(c1)cnc1c3ccccc3ccc21. The van der Waals surface area contributed by atoms with Crippen LogP contribution in [0.3, 0.4) is 0 Å². The molecule has 36 heavy (non-hydrogen) atoms. The highest BCUT2D eigenvalue weighted by atomic mass is 14.7. The number of hydrogen-bond donors (Lipinski definition) is 0. The number of rotatable bonds is 0. The van der Waals surface area contributed by atoms with Gasteiger partial charge >= 0.3 is 0 Å². The van der Waals surface area contributed by atoms with E-state index in [1.807, 2.05) is 12.4 Å². The number of aromatic nitrogens is 2. The Morgan fingerprint density at radius 2 is 0.639 bits per heavy atom. The van der Waals surface area contributed by atoms with Crippen molar-refractivity contribution in [2.24, 2.45) is 0 Å². The van der Waals surface area contributed by atoms with E-state index in [1.165, 1.54) is 53.9 Å². The molecule has 0 radical (unpaired) electrons. The Kier molecular flexibility index (Phi) is 4.82. The smallest absolute Gasteiger partial charge is 0.0786 e. The molecule has 6 aromatic carbocycles. The van der Waals surface area contributed by atoms with Crippen LogP contribution in [-0.4, -0.2) is 9.97 Å². The maximum Gasteiger partial charge on any atom is 0.0786 e. The number of pyridine rings is 2. The van der Waals surface area contributed by atoms with Crippen LogP contribution in [0.4, 0.5) is 0 Å². The molecule has 168 valence electrons. The molecule has 8 rings (SSSR count). The van der Waals surface area contributed by atoms with E-state index in [2.05, 4.69) is 131 Å². The van der Waals surface area contributed by atoms with Crippen molar-refractivity contribution in [2.45, 2.75) is 0 Å². The van der Waals surface area contributed by atoms with E-state index in [9.17, 15) is 0 Å². The summed E-state index contributed by atoms with van der Waals surface area (Å²) in [6.07, 6.45) is 3.92. The molecule has 0 bridgehead atoms. The monoisotopic (exact) mass is 458 g/mol. The van der Waals surface area contributed by atoms with Crippen LogP contribution in [0.15, 0.2) is 134 Å². The van der Waals surface area contributed by atoms with Crippen LogP contribution in [0.2, 0.25) is 0 Å². The quantitative estimate of drug-likeness (QED) is 0.212. The third kappa shape index (κ3) is 3.35. The summed E-state index contributed by atoms with van der Waals surface area (Å²) in [5.41, 5.74) is 2.18. The summed E-state index contributed by atoms with van der Waals surface area (Å²) < 4.78 is 0. The zero-order valence-corrected chi connectivity index (χ0v) is 19.6. The number of hydrogen-bond acceptors (Lipinski definition) is 2. The summed E-state index contributed by atoms with van der Waals surface area (Å²) in [6.45, 7) is 0. The summed E-state index contributed by atoms with van der Waals surface area (Å²) in [7, 11) is 0. The topological polar surface area (TPSA) is 25.8 Å². The Balaban J connectivity index is 0.000000122. The van der Waals surface area contributed by atoms with Crippen molar-refractivity contribution in [3.05, 3.63) is 134 Å². The minimum absolute atomic E-state index is 1.09. The lowest BCUT2D eigenvalue weighted by Crippen LogP contribution is -1.83. The molecule has 0 amide bonds. The molecule has 2 nitrogen and oxygen atoms in total. The highest BCUT2D eigenvalue weighted by Crippen LogP contribution is 2.30. The molecule has 2 heterocycles. The summed E-state index contributed by atoms with van der Waals surface area (Å²) in [5.74, 6) is 0. The van der Waals surface area contributed by atoms with Crippen LogP contribution < -0.4 is 0 Å². The Labute approximate surface area is 208 Å². The number of nitrogens with zero attached hydrogens (tertiary/aromatic N) is 2. The van der Waals surface area contributed by atoms with Gasteiger partial charge in [-0.1, -0.05) is 121 Å². The average Bonchev–Trinajstić information content (AvgIpc) is 2.97. The Hall–Kier alpha value is -4.82. The normalized spacial score (nSPS) is 11.3. The molecular weight excluding hydrogens is 436 g/mol. The largest absolute Gasteiger partial charge is 0.255 e. The molecule has 0 fully saturated rings. The molecule has 8 aromatic rings. The zero-order chi connectivity index (χ0) is 23.9. The Morgan fingerprint density at radius 1 is 0.278 bits per heavy atom. The summed E-state index contributed by atoms with van der Waals surface area (Å²) in [4.78, 5) is 9.28. The van der Waals surface area contributed by atoms with Gasteiger partial charge in [0.25, 0.3) is 0 Å². The maximum atomic E-state index is 4.64. The van der Waals surface area contributed by atoms with Gasteiger partial charge in [0.1, 0.15) is 0 Å². The predicted octanol–water partition coefficient (Wildman–Crippen LogP) is 9.08. The molecule has 2 aromatic heterocycles. The molecule has 0 aliphatic heterocycles. The van der Waals surface area contributed by atoms with Crippen LogP contribution >= 0.6 is 0 Å². The molecule has 0 atom stereocenters. The predicted molar refractivity (Wildman–Crippen MR) is 154 cm³/mol. The molecule has 0 aliphatic rings. The van der Waals surface area contributed by atoms with Crippen molar-refractivity contribution in [1.82, 2.24) is 9.97 Å². The molecule has 0 spiro atoms. The third-order valence-electron chi connectivity index (χ3n) is 6.97. The first-order valence-corrected chi connectivity index (χ1v) is 12.2. The molecule has 0 aliphatic carbocycles. The van der Waals surface area contributed by atoms with Gasteiger partial charge in [-0.2, -0.15) is 0 Å². The molecule has 2 heteroatoms. The van der Waals surface area contributed by atoms with Gasteiger partial charge in [0.05, 0.1) is 11.0 Å². The minimum Gasteiger partial charge on any atom is -0.255 e. The second-order valence-corrected chi connectivity index (χ2v) is 9.06. The van der Waals surface area contributed by atoms with Gasteiger partial charge < -0.3 is 0 Å². The number of benzene rings is 6. The van der Waals surface area contributed by atoms with Gasteiger partial charge in [-0.3, -0.25) is 9.97 Å². The fourth-order valence-corrected chi connectivity index (χ4v) is 5.20. The lowest BCUT2D eigenvalue weighted by atomic mass is 10.0. The van der Waals surface area contributed by atoms with Crippen molar-refractivity contribution in [2.75, 3.05) is 0 Å². The fraction of sp³-hybridized carbons (Fsp3) is 0. The van der Waals surface area contributed by atoms with Crippen molar-refractivity contribution >= 4 is 64.9 Å². The maximum absolute atomic E-state index is 4.64. The van der Waals surface area contributed by atoms with Crippen LogP contribution in [0.25, 0.3) is 64.9 Å². The Bertz CT molecular complexity index is 1760. The van der Waals surface area contributed by atoms with Crippen molar-refractivity contribution in [1.29, 1.82) is 0 Å². The standard InChI is InChI=1S/2C17H11N/c2*1-4-8-15-12(5-1)9-10-16-14-7-3-2-6-13(14)11-18-17(15)16/h2*1-11H. The van der Waals surface area contributed by atoms with E-state index in [-0.39, 0.29) is 0 Å². The van der Waals surface area contributed by atoms with Crippen molar-refractivity contribution < 1.29 is 0 Å². The third-order valence-corrected chi connectivity index (χ3v) is 6.97. The Morgan fingerprint density at radius 3 is 1.08 bits per heavy atom. The van der Waals surface area contributed by atoms with E-state index >= 15 is 0 Å². The molecule has 0 unspecified atom stereocenters. The van der Waals surface area contributed by atoms with Gasteiger partial charge in [0.15, 0.2) is 0 Å². The molecule has 0 saturated heterocycles. The van der Waals surface area contributed by atoms with E-state index in [0.29, 0.717) is 0 Å². The summed E-state index contributed by atoms with van der Waals surface area (Å²) in [5, 5.41) is 12.3. The highest BCUT2D eigenvalue weighted by molar-refractivity contribution is 6.16. The molecule has 0 N–H and O–H groups in total. The van der Waals surface area contributed by atoms with Crippen LogP contribution in [0.5, 0.6) is 0 Å². The second kappa shape index (κ2) is 8.44. The lowest BCUT2D eigenvalue weighted by molar-refractivity contribution is 1.46. The first-order chi connectivity index (χ1) is 17.9. The van der Waals surface area contributed by atoms with Gasteiger partial charge in [-0.05, 0) is 21.5 Å². The van der Waals surface area contributed by atoms with E-state index in [4.69, 9.17) is 0 Å². The van der Waals surface area contributed by atoms with Crippen molar-refractivity contribution in [3.8, 4) is 0 Å². The van der Waals surface area contributed by atoms with Crippen LogP contribution in [0, 0.1) is 0 Å². The van der Waals surface area contributed by atoms with E-state index in [0.717, 1.165) is 11.0 Å². The fourth-order valence-electron chi connectivity index (χ4n) is 5.20. The first kappa shape index (κ1) is 20.5. The van der Waals surface area contributed by atoms with Gasteiger partial charge in [0.2, 0.25) is 0 Å².